The first kappa shape index (κ1) is 26.8. The van der Waals surface area contributed by atoms with Crippen molar-refractivity contribution in [2.45, 2.75) is 20.0 Å². The van der Waals surface area contributed by atoms with Crippen LogP contribution in [-0.4, -0.2) is 26.0 Å². The summed E-state index contributed by atoms with van der Waals surface area (Å²) in [6.07, 6.45) is -1.34. The fraction of sp³-hybridized carbons (Fsp3) is 0.120. The number of carbonyl (C=O) groups is 1. The number of carboxylic acids is 1. The molecule has 0 fully saturated rings. The number of nitrogens with zero attached hydrogens (tertiary/aromatic N) is 3. The summed E-state index contributed by atoms with van der Waals surface area (Å²) < 4.78 is 38.1. The van der Waals surface area contributed by atoms with E-state index in [-0.39, 0.29) is 25.8 Å². The number of halogens is 3. The van der Waals surface area contributed by atoms with Crippen molar-refractivity contribution in [1.29, 1.82) is 0 Å². The van der Waals surface area contributed by atoms with Crippen molar-refractivity contribution in [1.82, 2.24) is 15.0 Å². The second-order valence-electron chi connectivity index (χ2n) is 7.08. The second kappa shape index (κ2) is 11.6. The fourth-order valence-electron chi connectivity index (χ4n) is 2.82. The Kier molecular flexibility index (Phi) is 9.18. The minimum Gasteiger partial charge on any atom is -0.477 e. The van der Waals surface area contributed by atoms with Gasteiger partial charge in [0.1, 0.15) is 5.69 Å². The van der Waals surface area contributed by atoms with Crippen molar-refractivity contribution in [3.8, 4) is 22.5 Å². The van der Waals surface area contributed by atoms with E-state index >= 15 is 0 Å². The van der Waals surface area contributed by atoms with Gasteiger partial charge in [-0.15, -0.1) is 29.8 Å². The van der Waals surface area contributed by atoms with Crippen LogP contribution in [0.3, 0.4) is 0 Å². The number of aromatic carboxylic acids is 1. The van der Waals surface area contributed by atoms with E-state index in [1.807, 2.05) is 38.1 Å². The van der Waals surface area contributed by atoms with Crippen molar-refractivity contribution < 1.29 is 43.2 Å². The Balaban J connectivity index is 0.000000345. The van der Waals surface area contributed by atoms with Crippen LogP contribution in [0.2, 0.25) is 0 Å². The third-order valence-corrected chi connectivity index (χ3v) is 4.50. The van der Waals surface area contributed by atoms with E-state index in [0.717, 1.165) is 29.0 Å². The van der Waals surface area contributed by atoms with Crippen LogP contribution in [0, 0.1) is 19.9 Å². The predicted molar refractivity (Wildman–Crippen MR) is 117 cm³/mol. The van der Waals surface area contributed by atoms with Gasteiger partial charge in [-0.2, -0.15) is 13.2 Å². The molecule has 34 heavy (non-hydrogen) atoms. The minimum atomic E-state index is -4.38. The number of rotatable bonds is 3. The smallest absolute Gasteiger partial charge is 0.381 e. The summed E-state index contributed by atoms with van der Waals surface area (Å²) in [6.45, 7) is 3.81. The third kappa shape index (κ3) is 7.04. The number of hydrogen-bond acceptors (Lipinski definition) is 4. The second-order valence-corrected chi connectivity index (χ2v) is 7.08. The molecule has 5 nitrogen and oxygen atoms in total. The van der Waals surface area contributed by atoms with E-state index in [1.54, 1.807) is 18.3 Å². The monoisotopic (exact) mass is 643 g/mol. The van der Waals surface area contributed by atoms with E-state index in [4.69, 9.17) is 5.11 Å². The average Bonchev–Trinajstić information content (AvgIpc) is 2.80. The third-order valence-electron chi connectivity index (χ3n) is 4.50. The molecule has 177 valence electrons. The van der Waals surface area contributed by atoms with Gasteiger partial charge in [0.2, 0.25) is 0 Å². The van der Waals surface area contributed by atoms with Gasteiger partial charge in [-0.25, -0.2) is 9.78 Å². The molecule has 0 amide bonds. The van der Waals surface area contributed by atoms with Crippen LogP contribution in [0.4, 0.5) is 13.2 Å². The first-order valence-corrected chi connectivity index (χ1v) is 9.79. The Bertz CT molecular complexity index is 1230. The van der Waals surface area contributed by atoms with Crippen LogP contribution in [-0.2, 0) is 26.3 Å². The number of pyridine rings is 1. The summed E-state index contributed by atoms with van der Waals surface area (Å²) in [4.78, 5) is 22.6. The molecule has 2 aromatic carbocycles. The Morgan fingerprint density at radius 1 is 0.941 bits per heavy atom. The van der Waals surface area contributed by atoms with Crippen LogP contribution in [0.1, 0.15) is 27.3 Å². The van der Waals surface area contributed by atoms with Crippen molar-refractivity contribution in [3.05, 3.63) is 102 Å². The van der Waals surface area contributed by atoms with Crippen molar-refractivity contribution >= 4 is 5.97 Å². The van der Waals surface area contributed by atoms with Gasteiger partial charge in [0, 0.05) is 38.2 Å². The first-order chi connectivity index (χ1) is 15.6. The zero-order valence-corrected chi connectivity index (χ0v) is 20.5. The van der Waals surface area contributed by atoms with Gasteiger partial charge in [-0.05, 0) is 37.1 Å². The molecule has 4 rings (SSSR count). The summed E-state index contributed by atoms with van der Waals surface area (Å²) >= 11 is 0. The van der Waals surface area contributed by atoms with Crippen LogP contribution in [0.15, 0.2) is 73.1 Å². The first-order valence-electron chi connectivity index (χ1n) is 9.79. The number of hydrogen-bond donors (Lipinski definition) is 1. The zero-order chi connectivity index (χ0) is 24.0. The number of alkyl halides is 3. The van der Waals surface area contributed by atoms with Crippen LogP contribution in [0.25, 0.3) is 22.5 Å². The number of carboxylic acid groups (broad SMARTS) is 1. The van der Waals surface area contributed by atoms with Gasteiger partial charge in [-0.1, -0.05) is 35.9 Å². The van der Waals surface area contributed by atoms with E-state index in [9.17, 15) is 18.0 Å². The molecule has 0 unspecified atom stereocenters. The topological polar surface area (TPSA) is 76.0 Å². The molecule has 0 aliphatic carbocycles. The van der Waals surface area contributed by atoms with E-state index < -0.39 is 17.7 Å². The molecule has 0 spiro atoms. The molecule has 0 aliphatic rings. The van der Waals surface area contributed by atoms with Crippen LogP contribution in [0.5, 0.6) is 0 Å². The van der Waals surface area contributed by atoms with Crippen LogP contribution >= 0.6 is 0 Å². The van der Waals surface area contributed by atoms with Gasteiger partial charge < -0.3 is 10.1 Å². The van der Waals surface area contributed by atoms with E-state index in [2.05, 4.69) is 21.0 Å². The Labute approximate surface area is 208 Å². The molecule has 4 aromatic rings. The van der Waals surface area contributed by atoms with Gasteiger partial charge in [0.05, 0.1) is 11.4 Å². The molecule has 1 N–H and O–H groups in total. The Morgan fingerprint density at radius 2 is 1.65 bits per heavy atom. The van der Waals surface area contributed by atoms with Crippen molar-refractivity contribution in [3.63, 3.8) is 0 Å². The Hall–Kier alpha value is -3.42. The number of aromatic nitrogens is 3. The minimum absolute atomic E-state index is 0. The molecule has 0 bridgehead atoms. The van der Waals surface area contributed by atoms with Crippen molar-refractivity contribution in [2.24, 2.45) is 0 Å². The maximum Gasteiger partial charge on any atom is 0.381 e. The molecule has 2 aromatic heterocycles. The molecule has 0 saturated carbocycles. The van der Waals surface area contributed by atoms with Gasteiger partial charge in [0.25, 0.3) is 0 Å². The summed E-state index contributed by atoms with van der Waals surface area (Å²) in [7, 11) is 0. The maximum atomic E-state index is 12.7. The van der Waals surface area contributed by atoms with E-state index in [0.29, 0.717) is 17.0 Å². The molecular formula is C25H19F3IrN3O2-. The summed E-state index contributed by atoms with van der Waals surface area (Å²) in [5.41, 5.74) is 3.68. The maximum absolute atomic E-state index is 12.7. The van der Waals surface area contributed by atoms with Gasteiger partial charge in [-0.3, -0.25) is 4.98 Å². The molecule has 0 saturated heterocycles. The molecule has 2 heterocycles. The summed E-state index contributed by atoms with van der Waals surface area (Å²) in [5.74, 6) is -0.990. The van der Waals surface area contributed by atoms with Crippen LogP contribution < -0.4 is 0 Å². The molecule has 1 radical (unpaired) electrons. The SMILES string of the molecule is Cc1ccc(-c2nc(C)cnc2-c2[c-]cc(C(F)(F)F)cc2)cc1.O=C(O)c1ccccn1.[Ir]. The molecule has 9 heteroatoms. The zero-order valence-electron chi connectivity index (χ0n) is 18.1. The molecule has 0 atom stereocenters. The summed E-state index contributed by atoms with van der Waals surface area (Å²) in [6, 6.07) is 18.5. The van der Waals surface area contributed by atoms with Gasteiger partial charge in [0.15, 0.2) is 0 Å². The Morgan fingerprint density at radius 3 is 2.15 bits per heavy atom. The normalized spacial score (nSPS) is 10.5. The molecule has 0 aliphatic heterocycles. The molecular weight excluding hydrogens is 624 g/mol. The number of aryl methyl sites for hydroxylation is 2. The number of benzene rings is 2. The fourth-order valence-corrected chi connectivity index (χ4v) is 2.82. The van der Waals surface area contributed by atoms with Crippen molar-refractivity contribution in [2.75, 3.05) is 0 Å². The van der Waals surface area contributed by atoms with Gasteiger partial charge >= 0.3 is 12.1 Å². The average molecular weight is 643 g/mol. The van der Waals surface area contributed by atoms with E-state index in [1.165, 1.54) is 18.3 Å². The standard InChI is InChI=1S/C19H14F3N2.C6H5NO2.Ir/c1-12-3-5-15(6-4-12)18-17(23-11-13(2)24-18)14-7-9-16(10-8-14)19(20,21)22;8-6(9)5-3-1-2-4-7-5;/h3-7,9-11H,1-2H3;1-4H,(H,8,9);/q-1;;. The quantitative estimate of drug-likeness (QED) is 0.277. The largest absolute Gasteiger partial charge is 0.477 e. The predicted octanol–water partition coefficient (Wildman–Crippen LogP) is 6.02. The summed E-state index contributed by atoms with van der Waals surface area (Å²) in [5, 5.41) is 8.32.